The van der Waals surface area contributed by atoms with Crippen molar-refractivity contribution in [3.05, 3.63) is 62.7 Å². The van der Waals surface area contributed by atoms with Crippen molar-refractivity contribution in [2.24, 2.45) is 0 Å². The van der Waals surface area contributed by atoms with Crippen LogP contribution in [0.5, 0.6) is 5.75 Å². The van der Waals surface area contributed by atoms with Crippen LogP contribution in [0, 0.1) is 37.8 Å². The van der Waals surface area contributed by atoms with Crippen molar-refractivity contribution in [1.29, 1.82) is 0 Å². The maximum atomic E-state index is 12.0. The molecule has 1 amide bonds. The van der Waals surface area contributed by atoms with E-state index in [1.165, 1.54) is 12.1 Å². The quantitative estimate of drug-likeness (QED) is 0.444. The Kier molecular flexibility index (Phi) is 6.70. The zero-order valence-corrected chi connectivity index (χ0v) is 16.2. The molecular weight excluding hydrogens is 364 g/mol. The van der Waals surface area contributed by atoms with Crippen molar-refractivity contribution >= 4 is 23.3 Å². The fraction of sp³-hybridized carbons (Fsp3) is 0.300. The molecule has 0 saturated carbocycles. The maximum absolute atomic E-state index is 12.0. The van der Waals surface area contributed by atoms with Crippen LogP contribution >= 0.6 is 0 Å². The second-order valence-corrected chi connectivity index (χ2v) is 6.48. The van der Waals surface area contributed by atoms with Gasteiger partial charge in [0.2, 0.25) is 0 Å². The number of nitrogens with zero attached hydrogens (tertiary/aromatic N) is 1. The molecule has 148 valence electrons. The van der Waals surface area contributed by atoms with Gasteiger partial charge in [-0.3, -0.25) is 14.9 Å². The molecule has 2 aromatic carbocycles. The molecule has 8 nitrogen and oxygen atoms in total. The molecule has 0 atom stereocenters. The van der Waals surface area contributed by atoms with Crippen LogP contribution in [0.25, 0.3) is 0 Å². The number of aryl methyl sites for hydroxylation is 4. The summed E-state index contributed by atoms with van der Waals surface area (Å²) in [7, 11) is 0. The van der Waals surface area contributed by atoms with E-state index in [9.17, 15) is 19.7 Å². The molecule has 8 heteroatoms. The smallest absolute Gasteiger partial charge is 0.344 e. The Morgan fingerprint density at radius 2 is 1.68 bits per heavy atom. The number of amides is 1. The minimum atomic E-state index is -0.718. The summed E-state index contributed by atoms with van der Waals surface area (Å²) in [5.41, 5.74) is 3.32. The van der Waals surface area contributed by atoms with Crippen molar-refractivity contribution in [1.82, 2.24) is 0 Å². The Balaban J connectivity index is 1.89. The van der Waals surface area contributed by atoms with Crippen LogP contribution in [0.4, 0.5) is 11.4 Å². The molecule has 0 fully saturated rings. The van der Waals surface area contributed by atoms with Crippen LogP contribution in [0.1, 0.15) is 22.3 Å². The fourth-order valence-corrected chi connectivity index (χ4v) is 2.52. The van der Waals surface area contributed by atoms with Gasteiger partial charge in [0.15, 0.2) is 13.2 Å². The molecule has 0 saturated heterocycles. The largest absolute Gasteiger partial charge is 0.482 e. The van der Waals surface area contributed by atoms with Crippen LogP contribution < -0.4 is 10.1 Å². The van der Waals surface area contributed by atoms with Crippen LogP contribution in [0.15, 0.2) is 30.3 Å². The highest BCUT2D eigenvalue weighted by molar-refractivity contribution is 5.95. The number of nitro benzene ring substituents is 1. The normalized spacial score (nSPS) is 10.3. The number of nitrogens with one attached hydrogen (secondary N) is 1. The molecule has 1 N–H and O–H groups in total. The summed E-state index contributed by atoms with van der Waals surface area (Å²) < 4.78 is 10.3. The molecule has 28 heavy (non-hydrogen) atoms. The predicted octanol–water partition coefficient (Wildman–Crippen LogP) is 3.39. The Morgan fingerprint density at radius 1 is 1.00 bits per heavy atom. The van der Waals surface area contributed by atoms with E-state index in [2.05, 4.69) is 5.32 Å². The second kappa shape index (κ2) is 8.98. The molecule has 0 aliphatic heterocycles. The molecule has 0 bridgehead atoms. The number of nitro groups is 1. The van der Waals surface area contributed by atoms with Crippen LogP contribution in [-0.2, 0) is 14.3 Å². The van der Waals surface area contributed by atoms with Crippen molar-refractivity contribution < 1.29 is 24.0 Å². The van der Waals surface area contributed by atoms with E-state index in [1.807, 2.05) is 26.0 Å². The molecular formula is C20H22N2O6. The zero-order valence-electron chi connectivity index (χ0n) is 16.2. The highest BCUT2D eigenvalue weighted by Crippen LogP contribution is 2.27. The summed E-state index contributed by atoms with van der Waals surface area (Å²) in [5.74, 6) is -0.839. The first kappa shape index (κ1) is 20.9. The number of anilines is 1. The molecule has 0 aromatic heterocycles. The number of rotatable bonds is 7. The van der Waals surface area contributed by atoms with E-state index in [4.69, 9.17) is 9.47 Å². The summed E-state index contributed by atoms with van der Waals surface area (Å²) >= 11 is 0. The van der Waals surface area contributed by atoms with Gasteiger partial charge in [-0.15, -0.1) is 0 Å². The zero-order chi connectivity index (χ0) is 20.8. The van der Waals surface area contributed by atoms with Gasteiger partial charge in [-0.2, -0.15) is 0 Å². The van der Waals surface area contributed by atoms with E-state index >= 15 is 0 Å². The number of hydrogen-bond donors (Lipinski definition) is 1. The number of benzene rings is 2. The van der Waals surface area contributed by atoms with Gasteiger partial charge < -0.3 is 14.8 Å². The number of ether oxygens (including phenoxy) is 2. The summed E-state index contributed by atoms with van der Waals surface area (Å²) in [6.45, 7) is 6.41. The van der Waals surface area contributed by atoms with Gasteiger partial charge in [-0.05, 0) is 56.5 Å². The minimum absolute atomic E-state index is 0.0562. The lowest BCUT2D eigenvalue weighted by Gasteiger charge is -2.11. The van der Waals surface area contributed by atoms with Gasteiger partial charge in [0.25, 0.3) is 11.6 Å². The van der Waals surface area contributed by atoms with Gasteiger partial charge >= 0.3 is 5.97 Å². The average Bonchev–Trinajstić information content (AvgIpc) is 2.61. The van der Waals surface area contributed by atoms with E-state index in [0.29, 0.717) is 5.75 Å². The van der Waals surface area contributed by atoms with Crippen molar-refractivity contribution in [3.8, 4) is 5.75 Å². The lowest BCUT2D eigenvalue weighted by Crippen LogP contribution is -2.24. The average molecular weight is 386 g/mol. The van der Waals surface area contributed by atoms with Gasteiger partial charge in [0.1, 0.15) is 11.4 Å². The first-order valence-electron chi connectivity index (χ1n) is 8.58. The van der Waals surface area contributed by atoms with Crippen LogP contribution in [-0.4, -0.2) is 30.0 Å². The standard InChI is InChI=1S/C20H22N2O6/c1-12-5-6-18(15(4)7-12)27-11-20(24)28-10-19(23)21-16-8-13(2)14(3)9-17(16)22(25)26/h5-9H,10-11H2,1-4H3,(H,21,23). The molecule has 0 heterocycles. The Labute approximate surface area is 162 Å². The van der Waals surface area contributed by atoms with E-state index in [-0.39, 0.29) is 18.0 Å². The third kappa shape index (κ3) is 5.54. The third-order valence-corrected chi connectivity index (χ3v) is 4.12. The van der Waals surface area contributed by atoms with Crippen molar-refractivity contribution in [2.45, 2.75) is 27.7 Å². The van der Waals surface area contributed by atoms with Crippen molar-refractivity contribution in [2.75, 3.05) is 18.5 Å². The van der Waals surface area contributed by atoms with E-state index < -0.39 is 23.4 Å². The van der Waals surface area contributed by atoms with Crippen molar-refractivity contribution in [3.63, 3.8) is 0 Å². The number of esters is 1. The summed E-state index contributed by atoms with van der Waals surface area (Å²) in [5, 5.41) is 13.6. The first-order valence-corrected chi connectivity index (χ1v) is 8.58. The molecule has 2 aromatic rings. The Bertz CT molecular complexity index is 923. The molecule has 2 rings (SSSR count). The first-order chi connectivity index (χ1) is 13.2. The highest BCUT2D eigenvalue weighted by Gasteiger charge is 2.18. The minimum Gasteiger partial charge on any atom is -0.482 e. The van der Waals surface area contributed by atoms with Gasteiger partial charge in [-0.1, -0.05) is 17.7 Å². The van der Waals surface area contributed by atoms with E-state index in [1.54, 1.807) is 19.9 Å². The van der Waals surface area contributed by atoms with Gasteiger partial charge in [0.05, 0.1) is 4.92 Å². The number of carbonyl (C=O) groups is 2. The summed E-state index contributed by atoms with van der Waals surface area (Å²) in [6, 6.07) is 8.43. The third-order valence-electron chi connectivity index (χ3n) is 4.12. The second-order valence-electron chi connectivity index (χ2n) is 6.48. The van der Waals surface area contributed by atoms with Gasteiger partial charge in [-0.25, -0.2) is 4.79 Å². The Morgan fingerprint density at radius 3 is 2.32 bits per heavy atom. The Hall–Kier alpha value is -3.42. The molecule has 0 unspecified atom stereocenters. The van der Waals surface area contributed by atoms with Crippen LogP contribution in [0.3, 0.4) is 0 Å². The maximum Gasteiger partial charge on any atom is 0.344 e. The predicted molar refractivity (Wildman–Crippen MR) is 104 cm³/mol. The highest BCUT2D eigenvalue weighted by atomic mass is 16.6. The van der Waals surface area contributed by atoms with E-state index in [0.717, 1.165) is 22.3 Å². The van der Waals surface area contributed by atoms with Gasteiger partial charge in [0, 0.05) is 6.07 Å². The molecule has 0 aliphatic carbocycles. The topological polar surface area (TPSA) is 108 Å². The number of hydrogen-bond acceptors (Lipinski definition) is 6. The summed E-state index contributed by atoms with van der Waals surface area (Å²) in [6.07, 6.45) is 0. The molecule has 0 radical (unpaired) electrons. The SMILES string of the molecule is Cc1ccc(OCC(=O)OCC(=O)Nc2cc(C)c(C)cc2[N+](=O)[O-])c(C)c1. The fourth-order valence-electron chi connectivity index (χ4n) is 2.52. The monoisotopic (exact) mass is 386 g/mol. The summed E-state index contributed by atoms with van der Waals surface area (Å²) in [4.78, 5) is 34.4. The molecule has 0 spiro atoms. The molecule has 0 aliphatic rings. The number of carbonyl (C=O) groups excluding carboxylic acids is 2. The lowest BCUT2D eigenvalue weighted by molar-refractivity contribution is -0.384. The van der Waals surface area contributed by atoms with Crippen LogP contribution in [0.2, 0.25) is 0 Å². The lowest BCUT2D eigenvalue weighted by atomic mass is 10.1.